The fraction of sp³-hybridized carbons (Fsp3) is 0.941. The minimum Gasteiger partial charge on any atom is -0.352 e. The number of hydrogen-bond acceptors (Lipinski definition) is 3. The molecule has 2 N–H and O–H groups in total. The van der Waals surface area contributed by atoms with Crippen LogP contribution in [-0.4, -0.2) is 49.1 Å². The van der Waals surface area contributed by atoms with E-state index in [1.807, 2.05) is 0 Å². The Balaban J connectivity index is 1.67. The number of nitrogens with one attached hydrogen (secondary N) is 2. The molecule has 4 nitrogen and oxygen atoms in total. The van der Waals surface area contributed by atoms with Crippen LogP contribution in [0.25, 0.3) is 0 Å². The fourth-order valence-corrected chi connectivity index (χ4v) is 3.59. The van der Waals surface area contributed by atoms with E-state index in [1.165, 1.54) is 44.9 Å². The van der Waals surface area contributed by atoms with Gasteiger partial charge in [-0.3, -0.25) is 9.69 Å². The van der Waals surface area contributed by atoms with E-state index in [0.29, 0.717) is 6.04 Å². The normalized spacial score (nSPS) is 23.3. The van der Waals surface area contributed by atoms with E-state index >= 15 is 0 Å². The van der Waals surface area contributed by atoms with E-state index in [0.717, 1.165) is 32.1 Å². The van der Waals surface area contributed by atoms with E-state index in [4.69, 9.17) is 0 Å². The highest BCUT2D eigenvalue weighted by molar-refractivity contribution is 5.81. The number of carbonyl (C=O) groups is 1. The van der Waals surface area contributed by atoms with Crippen LogP contribution in [0.1, 0.15) is 58.8 Å². The van der Waals surface area contributed by atoms with Crippen LogP contribution in [0.2, 0.25) is 0 Å². The van der Waals surface area contributed by atoms with Crippen LogP contribution in [0, 0.1) is 5.92 Å². The molecule has 2 aliphatic rings. The molecule has 0 spiro atoms. The molecule has 2 fully saturated rings. The number of piperidine rings is 1. The molecule has 0 bridgehead atoms. The van der Waals surface area contributed by atoms with Gasteiger partial charge in [0.25, 0.3) is 0 Å². The van der Waals surface area contributed by atoms with Gasteiger partial charge < -0.3 is 10.6 Å². The van der Waals surface area contributed by atoms with Gasteiger partial charge in [0.1, 0.15) is 0 Å². The van der Waals surface area contributed by atoms with Gasteiger partial charge in [-0.25, -0.2) is 0 Å². The maximum Gasteiger partial charge on any atom is 0.237 e. The van der Waals surface area contributed by atoms with Crippen molar-refractivity contribution in [3.63, 3.8) is 0 Å². The SMILES string of the molecule is CCCNCC1CCN(C(C)C(=O)NC2CCCC2)CC1. The smallest absolute Gasteiger partial charge is 0.237 e. The highest BCUT2D eigenvalue weighted by Crippen LogP contribution is 2.20. The molecule has 1 unspecified atom stereocenters. The van der Waals surface area contributed by atoms with Crippen LogP contribution < -0.4 is 10.6 Å². The average molecular weight is 295 g/mol. The number of amides is 1. The van der Waals surface area contributed by atoms with E-state index in [9.17, 15) is 4.79 Å². The molecular formula is C17H33N3O. The number of rotatable bonds is 7. The molecule has 4 heteroatoms. The maximum absolute atomic E-state index is 12.3. The number of carbonyl (C=O) groups excluding carboxylic acids is 1. The summed E-state index contributed by atoms with van der Waals surface area (Å²) < 4.78 is 0. The van der Waals surface area contributed by atoms with Crippen LogP contribution in [0.3, 0.4) is 0 Å². The Morgan fingerprint density at radius 1 is 1.19 bits per heavy atom. The van der Waals surface area contributed by atoms with Gasteiger partial charge in [-0.1, -0.05) is 19.8 Å². The zero-order valence-electron chi connectivity index (χ0n) is 13.9. The molecule has 1 atom stereocenters. The lowest BCUT2D eigenvalue weighted by atomic mass is 9.95. The second kappa shape index (κ2) is 8.74. The first-order chi connectivity index (χ1) is 10.2. The lowest BCUT2D eigenvalue weighted by Crippen LogP contribution is -2.50. The molecule has 0 aromatic heterocycles. The van der Waals surface area contributed by atoms with Gasteiger partial charge in [-0.05, 0) is 71.1 Å². The molecular weight excluding hydrogens is 262 g/mol. The molecule has 0 aromatic rings. The highest BCUT2D eigenvalue weighted by atomic mass is 16.2. The van der Waals surface area contributed by atoms with Gasteiger partial charge in [0, 0.05) is 6.04 Å². The summed E-state index contributed by atoms with van der Waals surface area (Å²) in [5.41, 5.74) is 0. The average Bonchev–Trinajstić information content (AvgIpc) is 3.00. The Hall–Kier alpha value is -0.610. The van der Waals surface area contributed by atoms with Gasteiger partial charge in [0.15, 0.2) is 0 Å². The van der Waals surface area contributed by atoms with Gasteiger partial charge in [-0.15, -0.1) is 0 Å². The second-order valence-electron chi connectivity index (χ2n) is 6.85. The molecule has 1 aliphatic carbocycles. The number of nitrogens with zero attached hydrogens (tertiary/aromatic N) is 1. The summed E-state index contributed by atoms with van der Waals surface area (Å²) >= 11 is 0. The Morgan fingerprint density at radius 3 is 2.48 bits per heavy atom. The predicted molar refractivity (Wildman–Crippen MR) is 87.3 cm³/mol. The minimum absolute atomic E-state index is 0.0372. The standard InChI is InChI=1S/C17H33N3O/c1-3-10-18-13-15-8-11-20(12-9-15)14(2)17(21)19-16-6-4-5-7-16/h14-16,18H,3-13H2,1-2H3,(H,19,21). The zero-order chi connectivity index (χ0) is 15.1. The van der Waals surface area contributed by atoms with Crippen molar-refractivity contribution in [1.82, 2.24) is 15.5 Å². The summed E-state index contributed by atoms with van der Waals surface area (Å²) in [4.78, 5) is 14.7. The summed E-state index contributed by atoms with van der Waals surface area (Å²) in [7, 11) is 0. The summed E-state index contributed by atoms with van der Waals surface area (Å²) in [5, 5.41) is 6.76. The van der Waals surface area contributed by atoms with E-state index in [1.54, 1.807) is 0 Å². The van der Waals surface area contributed by atoms with Crippen molar-refractivity contribution in [3.8, 4) is 0 Å². The summed E-state index contributed by atoms with van der Waals surface area (Å²) in [6.45, 7) is 8.68. The highest BCUT2D eigenvalue weighted by Gasteiger charge is 2.28. The Kier molecular flexibility index (Phi) is 6.97. The third-order valence-corrected chi connectivity index (χ3v) is 5.14. The Labute approximate surface area is 130 Å². The monoisotopic (exact) mass is 295 g/mol. The fourth-order valence-electron chi connectivity index (χ4n) is 3.59. The zero-order valence-corrected chi connectivity index (χ0v) is 13.9. The topological polar surface area (TPSA) is 44.4 Å². The van der Waals surface area contributed by atoms with Crippen molar-refractivity contribution in [3.05, 3.63) is 0 Å². The second-order valence-corrected chi connectivity index (χ2v) is 6.85. The first-order valence-electron chi connectivity index (χ1n) is 8.95. The van der Waals surface area contributed by atoms with Crippen molar-refractivity contribution in [2.75, 3.05) is 26.2 Å². The van der Waals surface area contributed by atoms with Crippen LogP contribution >= 0.6 is 0 Å². The van der Waals surface area contributed by atoms with Crippen molar-refractivity contribution in [2.24, 2.45) is 5.92 Å². The summed E-state index contributed by atoms with van der Waals surface area (Å²) in [5.74, 6) is 1.03. The minimum atomic E-state index is 0.0372. The molecule has 122 valence electrons. The first-order valence-corrected chi connectivity index (χ1v) is 8.95. The van der Waals surface area contributed by atoms with Crippen LogP contribution in [0.5, 0.6) is 0 Å². The predicted octanol–water partition coefficient (Wildman–Crippen LogP) is 2.15. The molecule has 0 radical (unpaired) electrons. The van der Waals surface area contributed by atoms with Crippen LogP contribution in [0.15, 0.2) is 0 Å². The largest absolute Gasteiger partial charge is 0.352 e. The quantitative estimate of drug-likeness (QED) is 0.707. The van der Waals surface area contributed by atoms with Gasteiger partial charge in [-0.2, -0.15) is 0 Å². The molecule has 1 aliphatic heterocycles. The molecule has 1 amide bonds. The molecule has 0 aromatic carbocycles. The first kappa shape index (κ1) is 16.8. The summed E-state index contributed by atoms with van der Waals surface area (Å²) in [6.07, 6.45) is 8.53. The van der Waals surface area contributed by atoms with E-state index < -0.39 is 0 Å². The van der Waals surface area contributed by atoms with Crippen LogP contribution in [0.4, 0.5) is 0 Å². The molecule has 21 heavy (non-hydrogen) atoms. The summed E-state index contributed by atoms with van der Waals surface area (Å²) in [6, 6.07) is 0.478. The molecule has 1 saturated heterocycles. The molecule has 2 rings (SSSR count). The Bertz CT molecular complexity index is 307. The number of hydrogen-bond donors (Lipinski definition) is 2. The lowest BCUT2D eigenvalue weighted by Gasteiger charge is -2.35. The molecule has 1 heterocycles. The van der Waals surface area contributed by atoms with Gasteiger partial charge in [0.05, 0.1) is 6.04 Å². The van der Waals surface area contributed by atoms with Gasteiger partial charge >= 0.3 is 0 Å². The maximum atomic E-state index is 12.3. The van der Waals surface area contributed by atoms with Crippen molar-refractivity contribution in [2.45, 2.75) is 70.9 Å². The van der Waals surface area contributed by atoms with Crippen molar-refractivity contribution >= 4 is 5.91 Å². The molecule has 1 saturated carbocycles. The Morgan fingerprint density at radius 2 is 1.86 bits per heavy atom. The van der Waals surface area contributed by atoms with E-state index in [-0.39, 0.29) is 11.9 Å². The van der Waals surface area contributed by atoms with E-state index in [2.05, 4.69) is 29.4 Å². The van der Waals surface area contributed by atoms with Crippen molar-refractivity contribution in [1.29, 1.82) is 0 Å². The third-order valence-electron chi connectivity index (χ3n) is 5.14. The van der Waals surface area contributed by atoms with Crippen LogP contribution in [-0.2, 0) is 4.79 Å². The van der Waals surface area contributed by atoms with Crippen molar-refractivity contribution < 1.29 is 4.79 Å². The third kappa shape index (κ3) is 5.26. The number of likely N-dealkylation sites (tertiary alicyclic amines) is 1. The lowest BCUT2D eigenvalue weighted by molar-refractivity contribution is -0.127. The van der Waals surface area contributed by atoms with Gasteiger partial charge in [0.2, 0.25) is 5.91 Å².